The van der Waals surface area contributed by atoms with Crippen molar-refractivity contribution in [2.24, 2.45) is 0 Å². The number of likely N-dealkylation sites (tertiary alicyclic amines) is 1. The van der Waals surface area contributed by atoms with Crippen molar-refractivity contribution in [1.82, 2.24) is 14.8 Å². The Balaban J connectivity index is 1.56. The lowest BCUT2D eigenvalue weighted by Crippen LogP contribution is -2.45. The third-order valence-electron chi connectivity index (χ3n) is 5.12. The lowest BCUT2D eigenvalue weighted by Gasteiger charge is -2.27. The van der Waals surface area contributed by atoms with E-state index in [1.54, 1.807) is 42.4 Å². The van der Waals surface area contributed by atoms with Gasteiger partial charge in [-0.2, -0.15) is 0 Å². The summed E-state index contributed by atoms with van der Waals surface area (Å²) < 4.78 is 0. The Morgan fingerprint density at radius 1 is 1.30 bits per heavy atom. The van der Waals surface area contributed by atoms with E-state index in [0.717, 1.165) is 17.8 Å². The molecule has 3 heterocycles. The van der Waals surface area contributed by atoms with E-state index in [0.29, 0.717) is 17.8 Å². The molecule has 1 atom stereocenters. The Labute approximate surface area is 161 Å². The average molecular weight is 384 g/mol. The minimum absolute atomic E-state index is 0.0368. The summed E-state index contributed by atoms with van der Waals surface area (Å²) in [6, 6.07) is 6.96. The fraction of sp³-hybridized carbons (Fsp3) is 0.368. The van der Waals surface area contributed by atoms with Gasteiger partial charge in [-0.15, -0.1) is 11.3 Å². The van der Waals surface area contributed by atoms with Gasteiger partial charge in [0.2, 0.25) is 11.8 Å². The minimum atomic E-state index is -0.290. The molecule has 0 aliphatic carbocycles. The van der Waals surface area contributed by atoms with E-state index in [2.05, 4.69) is 4.98 Å². The van der Waals surface area contributed by atoms with Crippen LogP contribution in [0.25, 0.3) is 0 Å². The van der Waals surface area contributed by atoms with Gasteiger partial charge in [-0.3, -0.25) is 14.4 Å². The quantitative estimate of drug-likeness (QED) is 0.810. The van der Waals surface area contributed by atoms with Crippen LogP contribution in [-0.4, -0.2) is 59.2 Å². The number of hydrogen-bond donors (Lipinski definition) is 0. The van der Waals surface area contributed by atoms with Gasteiger partial charge in [0.25, 0.3) is 5.91 Å². The Morgan fingerprint density at radius 3 is 2.89 bits per heavy atom. The number of carbonyl (C=O) groups is 3. The zero-order valence-electron chi connectivity index (χ0n) is 15.0. The fourth-order valence-corrected chi connectivity index (χ4v) is 4.48. The summed E-state index contributed by atoms with van der Waals surface area (Å²) in [5.41, 5.74) is 1.01. The number of nitrogens with zero attached hydrogens (tertiary/aromatic N) is 4. The maximum absolute atomic E-state index is 13.0. The van der Waals surface area contributed by atoms with Crippen LogP contribution in [0.4, 0.5) is 5.69 Å². The molecule has 3 amide bonds. The van der Waals surface area contributed by atoms with Crippen molar-refractivity contribution in [1.29, 1.82) is 0 Å². The molecule has 1 aromatic carbocycles. The predicted octanol–water partition coefficient (Wildman–Crippen LogP) is 1.93. The second-order valence-electron chi connectivity index (χ2n) is 6.75. The molecule has 27 heavy (non-hydrogen) atoms. The highest BCUT2D eigenvalue weighted by molar-refractivity contribution is 7.09. The molecule has 1 saturated heterocycles. The van der Waals surface area contributed by atoms with Gasteiger partial charge in [-0.1, -0.05) is 12.1 Å². The molecular weight excluding hydrogens is 364 g/mol. The van der Waals surface area contributed by atoms with Crippen LogP contribution in [0.5, 0.6) is 0 Å². The molecule has 7 nitrogen and oxygen atoms in total. The Morgan fingerprint density at radius 2 is 2.11 bits per heavy atom. The molecule has 140 valence electrons. The first-order chi connectivity index (χ1) is 13.1. The van der Waals surface area contributed by atoms with Crippen LogP contribution in [0.1, 0.15) is 34.2 Å². The number of aromatic nitrogens is 1. The van der Waals surface area contributed by atoms with E-state index < -0.39 is 0 Å². The van der Waals surface area contributed by atoms with Gasteiger partial charge in [0, 0.05) is 25.2 Å². The first-order valence-electron chi connectivity index (χ1n) is 8.90. The number of likely N-dealkylation sites (N-methyl/N-ethyl adjacent to an activating group) is 1. The van der Waals surface area contributed by atoms with E-state index in [4.69, 9.17) is 0 Å². The molecule has 1 fully saturated rings. The number of fused-ring (bicyclic) bond motifs is 1. The highest BCUT2D eigenvalue weighted by atomic mass is 32.1. The topological polar surface area (TPSA) is 73.8 Å². The van der Waals surface area contributed by atoms with Crippen molar-refractivity contribution >= 4 is 34.7 Å². The lowest BCUT2D eigenvalue weighted by atomic mass is 10.1. The summed E-state index contributed by atoms with van der Waals surface area (Å²) in [7, 11) is 1.65. The summed E-state index contributed by atoms with van der Waals surface area (Å²) in [5.74, 6) is -0.642. The smallest absolute Gasteiger partial charge is 0.256 e. The van der Waals surface area contributed by atoms with Crippen molar-refractivity contribution in [3.05, 3.63) is 46.4 Å². The molecule has 0 bridgehead atoms. The summed E-state index contributed by atoms with van der Waals surface area (Å²) >= 11 is 1.54. The van der Waals surface area contributed by atoms with Crippen LogP contribution in [0, 0.1) is 0 Å². The summed E-state index contributed by atoms with van der Waals surface area (Å²) in [4.78, 5) is 47.4. The van der Waals surface area contributed by atoms with Crippen molar-refractivity contribution in [2.45, 2.75) is 18.9 Å². The fourth-order valence-electron chi connectivity index (χ4n) is 3.70. The van der Waals surface area contributed by atoms with Crippen LogP contribution < -0.4 is 4.90 Å². The van der Waals surface area contributed by atoms with Crippen molar-refractivity contribution < 1.29 is 14.4 Å². The summed E-state index contributed by atoms with van der Waals surface area (Å²) in [6.45, 7) is 0.440. The van der Waals surface area contributed by atoms with E-state index in [-0.39, 0.29) is 36.9 Å². The Bertz CT molecular complexity index is 883. The molecule has 2 aliphatic heterocycles. The zero-order valence-corrected chi connectivity index (χ0v) is 15.8. The van der Waals surface area contributed by atoms with E-state index >= 15 is 0 Å². The number of benzene rings is 1. The van der Waals surface area contributed by atoms with E-state index in [9.17, 15) is 14.4 Å². The Kier molecular flexibility index (Phi) is 4.65. The third-order valence-corrected chi connectivity index (χ3v) is 6.00. The van der Waals surface area contributed by atoms with Crippen LogP contribution in [-0.2, 0) is 9.59 Å². The lowest BCUT2D eigenvalue weighted by molar-refractivity contribution is -0.133. The van der Waals surface area contributed by atoms with Crippen LogP contribution in [0.15, 0.2) is 35.8 Å². The van der Waals surface area contributed by atoms with Gasteiger partial charge >= 0.3 is 0 Å². The monoisotopic (exact) mass is 384 g/mol. The van der Waals surface area contributed by atoms with E-state index in [1.807, 2.05) is 5.38 Å². The molecule has 0 saturated carbocycles. The van der Waals surface area contributed by atoms with Crippen molar-refractivity contribution in [2.75, 3.05) is 31.6 Å². The van der Waals surface area contributed by atoms with Crippen LogP contribution in [0.2, 0.25) is 0 Å². The molecule has 2 aliphatic rings. The molecule has 0 radical (unpaired) electrons. The van der Waals surface area contributed by atoms with Gasteiger partial charge in [-0.05, 0) is 25.0 Å². The normalized spacial score (nSPS) is 20.0. The SMILES string of the molecule is CN1C(=O)CN(CC(=O)N2CCC[C@@H]2c2nccs2)C(=O)c2ccccc21. The first-order valence-corrected chi connectivity index (χ1v) is 9.78. The zero-order chi connectivity index (χ0) is 19.0. The molecule has 4 rings (SSSR count). The Hall–Kier alpha value is -2.74. The summed E-state index contributed by atoms with van der Waals surface area (Å²) in [6.07, 6.45) is 3.52. The second kappa shape index (κ2) is 7.11. The van der Waals surface area contributed by atoms with E-state index in [1.165, 1.54) is 21.1 Å². The molecule has 8 heteroatoms. The third kappa shape index (κ3) is 3.21. The molecule has 0 N–H and O–H groups in total. The maximum Gasteiger partial charge on any atom is 0.256 e. The number of rotatable bonds is 3. The molecular formula is C19H20N4O3S. The van der Waals surface area contributed by atoms with Gasteiger partial charge in [0.15, 0.2) is 0 Å². The largest absolute Gasteiger partial charge is 0.332 e. The highest BCUT2D eigenvalue weighted by Crippen LogP contribution is 2.33. The van der Waals surface area contributed by atoms with Crippen molar-refractivity contribution in [3.8, 4) is 0 Å². The predicted molar refractivity (Wildman–Crippen MR) is 102 cm³/mol. The highest BCUT2D eigenvalue weighted by Gasteiger charge is 2.35. The second-order valence-corrected chi connectivity index (χ2v) is 7.67. The number of carbonyl (C=O) groups excluding carboxylic acids is 3. The number of para-hydroxylation sites is 1. The number of amides is 3. The molecule has 0 unspecified atom stereocenters. The van der Waals surface area contributed by atoms with Gasteiger partial charge in [0.05, 0.1) is 17.3 Å². The minimum Gasteiger partial charge on any atom is -0.332 e. The number of thiazole rings is 1. The standard InChI is InChI=1S/C19H20N4O3S/c1-21-14-6-3-2-5-13(14)19(26)22(11-16(21)24)12-17(25)23-9-4-7-15(23)18-20-8-10-27-18/h2-3,5-6,8,10,15H,4,7,9,11-12H2,1H3/t15-/m1/s1. The number of anilines is 1. The van der Waals surface area contributed by atoms with Gasteiger partial charge < -0.3 is 14.7 Å². The number of hydrogen-bond acceptors (Lipinski definition) is 5. The summed E-state index contributed by atoms with van der Waals surface area (Å²) in [5, 5.41) is 2.82. The molecule has 2 aromatic rings. The molecule has 0 spiro atoms. The van der Waals surface area contributed by atoms with Gasteiger partial charge in [-0.25, -0.2) is 4.98 Å². The molecule has 1 aromatic heterocycles. The van der Waals surface area contributed by atoms with Gasteiger partial charge in [0.1, 0.15) is 18.1 Å². The van der Waals surface area contributed by atoms with Crippen molar-refractivity contribution in [3.63, 3.8) is 0 Å². The van der Waals surface area contributed by atoms with Crippen LogP contribution >= 0.6 is 11.3 Å². The average Bonchev–Trinajstić information content (AvgIpc) is 3.35. The maximum atomic E-state index is 13.0. The first kappa shape index (κ1) is 17.7. The van der Waals surface area contributed by atoms with Crippen LogP contribution in [0.3, 0.4) is 0 Å².